The minimum atomic E-state index is 0.283. The smallest absolute Gasteiger partial charge is 0.0951 e. The van der Waals surface area contributed by atoms with Crippen molar-refractivity contribution in [3.8, 4) is 0 Å². The summed E-state index contributed by atoms with van der Waals surface area (Å²) in [6.07, 6.45) is 9.45. The van der Waals surface area contributed by atoms with E-state index < -0.39 is 0 Å². The van der Waals surface area contributed by atoms with Gasteiger partial charge >= 0.3 is 0 Å². The molecule has 1 aliphatic carbocycles. The first kappa shape index (κ1) is 14.5. The van der Waals surface area contributed by atoms with Gasteiger partial charge in [-0.2, -0.15) is 0 Å². The van der Waals surface area contributed by atoms with Crippen molar-refractivity contribution in [2.45, 2.75) is 51.6 Å². The van der Waals surface area contributed by atoms with Gasteiger partial charge in [0.25, 0.3) is 0 Å². The minimum absolute atomic E-state index is 0.283. The molecule has 0 saturated heterocycles. The minimum Gasteiger partial charge on any atom is -0.331 e. The van der Waals surface area contributed by atoms with Crippen molar-refractivity contribution in [2.75, 3.05) is 20.1 Å². The van der Waals surface area contributed by atoms with Crippen molar-refractivity contribution in [3.63, 3.8) is 0 Å². The highest BCUT2D eigenvalue weighted by Gasteiger charge is 2.24. The van der Waals surface area contributed by atoms with Crippen molar-refractivity contribution >= 4 is 0 Å². The highest BCUT2D eigenvalue weighted by atomic mass is 15.2. The first-order chi connectivity index (χ1) is 9.13. The molecule has 1 heterocycles. The number of nitrogens with zero attached hydrogens (tertiary/aromatic N) is 3. The number of hydrogen-bond donors (Lipinski definition) is 1. The van der Waals surface area contributed by atoms with Gasteiger partial charge in [-0.15, -0.1) is 0 Å². The van der Waals surface area contributed by atoms with E-state index in [4.69, 9.17) is 5.73 Å². The summed E-state index contributed by atoms with van der Waals surface area (Å²) >= 11 is 0. The molecule has 1 atom stereocenters. The molecule has 0 bridgehead atoms. The Morgan fingerprint density at radius 3 is 2.68 bits per heavy atom. The maximum absolute atomic E-state index is 6.03. The Labute approximate surface area is 117 Å². The van der Waals surface area contributed by atoms with Crippen LogP contribution in [0.3, 0.4) is 0 Å². The summed E-state index contributed by atoms with van der Waals surface area (Å²) in [6.45, 7) is 6.19. The van der Waals surface area contributed by atoms with Crippen LogP contribution in [0.5, 0.6) is 0 Å². The lowest BCUT2D eigenvalue weighted by molar-refractivity contribution is 0.204. The van der Waals surface area contributed by atoms with E-state index in [1.54, 1.807) is 0 Å². The van der Waals surface area contributed by atoms with Crippen LogP contribution in [0.25, 0.3) is 0 Å². The van der Waals surface area contributed by atoms with Crippen molar-refractivity contribution in [1.82, 2.24) is 14.5 Å². The predicted octanol–water partition coefficient (Wildman–Crippen LogP) is 2.59. The van der Waals surface area contributed by atoms with E-state index in [2.05, 4.69) is 35.3 Å². The van der Waals surface area contributed by atoms with E-state index in [1.807, 2.05) is 12.5 Å². The number of rotatable bonds is 6. The van der Waals surface area contributed by atoms with Gasteiger partial charge in [0.15, 0.2) is 0 Å². The number of hydrogen-bond acceptors (Lipinski definition) is 3. The molecule has 4 heteroatoms. The molecule has 0 aliphatic heterocycles. The number of likely N-dealkylation sites (N-methyl/N-ethyl adjacent to an activating group) is 1. The Kier molecular flexibility index (Phi) is 4.99. The summed E-state index contributed by atoms with van der Waals surface area (Å²) in [5.74, 6) is 0.856. The molecule has 2 N–H and O–H groups in total. The van der Waals surface area contributed by atoms with Gasteiger partial charge in [0.05, 0.1) is 18.1 Å². The molecule has 108 valence electrons. The van der Waals surface area contributed by atoms with Crippen LogP contribution in [0.2, 0.25) is 0 Å². The van der Waals surface area contributed by atoms with Crippen molar-refractivity contribution in [2.24, 2.45) is 11.7 Å². The van der Waals surface area contributed by atoms with Crippen LogP contribution in [-0.4, -0.2) is 34.6 Å². The number of nitrogens with two attached hydrogens (primary N) is 1. The van der Waals surface area contributed by atoms with E-state index in [-0.39, 0.29) is 6.04 Å². The van der Waals surface area contributed by atoms with Gasteiger partial charge in [0, 0.05) is 25.3 Å². The second kappa shape index (κ2) is 6.53. The lowest BCUT2D eigenvalue weighted by atomic mass is 10.1. The van der Waals surface area contributed by atoms with Crippen LogP contribution in [0.4, 0.5) is 0 Å². The Morgan fingerprint density at radius 1 is 1.42 bits per heavy atom. The molecule has 2 rings (SSSR count). The molecule has 0 spiro atoms. The SMILES string of the molecule is CC(C)n1cncc1C(CN)N(C)CC1CCCC1. The van der Waals surface area contributed by atoms with Gasteiger partial charge in [-0.3, -0.25) is 4.90 Å². The average molecular weight is 264 g/mol. The fraction of sp³-hybridized carbons (Fsp3) is 0.800. The van der Waals surface area contributed by atoms with E-state index in [0.29, 0.717) is 12.6 Å². The van der Waals surface area contributed by atoms with E-state index >= 15 is 0 Å². The molecule has 0 aromatic carbocycles. The van der Waals surface area contributed by atoms with Crippen LogP contribution >= 0.6 is 0 Å². The topological polar surface area (TPSA) is 47.1 Å². The maximum Gasteiger partial charge on any atom is 0.0951 e. The quantitative estimate of drug-likeness (QED) is 0.859. The van der Waals surface area contributed by atoms with Crippen LogP contribution in [0.1, 0.15) is 57.3 Å². The molecule has 0 amide bonds. The molecule has 4 nitrogen and oxygen atoms in total. The lowest BCUT2D eigenvalue weighted by Crippen LogP contribution is -2.35. The van der Waals surface area contributed by atoms with Crippen LogP contribution in [-0.2, 0) is 0 Å². The van der Waals surface area contributed by atoms with Gasteiger partial charge in [0.1, 0.15) is 0 Å². The van der Waals surface area contributed by atoms with E-state index in [1.165, 1.54) is 31.4 Å². The first-order valence-electron chi connectivity index (χ1n) is 7.55. The van der Waals surface area contributed by atoms with Gasteiger partial charge in [-0.1, -0.05) is 12.8 Å². The largest absolute Gasteiger partial charge is 0.331 e. The Bertz CT molecular complexity index is 379. The zero-order valence-electron chi connectivity index (χ0n) is 12.5. The molecule has 1 unspecified atom stereocenters. The molecule has 1 aliphatic rings. The Hall–Kier alpha value is -0.870. The average Bonchev–Trinajstić information content (AvgIpc) is 3.00. The zero-order chi connectivity index (χ0) is 13.8. The van der Waals surface area contributed by atoms with Crippen LogP contribution in [0, 0.1) is 5.92 Å². The lowest BCUT2D eigenvalue weighted by Gasteiger charge is -2.30. The third-order valence-corrected chi connectivity index (χ3v) is 4.37. The van der Waals surface area contributed by atoms with Crippen LogP contribution in [0.15, 0.2) is 12.5 Å². The molecule has 0 radical (unpaired) electrons. The summed E-state index contributed by atoms with van der Waals surface area (Å²) in [5, 5.41) is 0. The van der Waals surface area contributed by atoms with Gasteiger partial charge in [0.2, 0.25) is 0 Å². The molecule has 1 saturated carbocycles. The summed E-state index contributed by atoms with van der Waals surface area (Å²) < 4.78 is 2.24. The second-order valence-electron chi connectivity index (χ2n) is 6.16. The normalized spacial score (nSPS) is 18.6. The summed E-state index contributed by atoms with van der Waals surface area (Å²) in [4.78, 5) is 6.73. The fourth-order valence-electron chi connectivity index (χ4n) is 3.26. The monoisotopic (exact) mass is 264 g/mol. The Balaban J connectivity index is 2.07. The molecule has 1 fully saturated rings. The number of imidazole rings is 1. The molecular formula is C15H28N4. The highest BCUT2D eigenvalue weighted by Crippen LogP contribution is 2.28. The highest BCUT2D eigenvalue weighted by molar-refractivity contribution is 5.07. The molecular weight excluding hydrogens is 236 g/mol. The standard InChI is InChI=1S/C15H28N4/c1-12(2)19-11-17-9-15(19)14(8-16)18(3)10-13-6-4-5-7-13/h9,11-14H,4-8,10,16H2,1-3H3. The van der Waals surface area contributed by atoms with Gasteiger partial charge < -0.3 is 10.3 Å². The fourth-order valence-corrected chi connectivity index (χ4v) is 3.26. The second-order valence-corrected chi connectivity index (χ2v) is 6.16. The zero-order valence-corrected chi connectivity index (χ0v) is 12.5. The summed E-state index contributed by atoms with van der Waals surface area (Å²) in [7, 11) is 2.20. The number of aromatic nitrogens is 2. The molecule has 1 aromatic rings. The molecule has 1 aromatic heterocycles. The van der Waals surface area contributed by atoms with Crippen molar-refractivity contribution in [1.29, 1.82) is 0 Å². The predicted molar refractivity (Wildman–Crippen MR) is 79.0 cm³/mol. The maximum atomic E-state index is 6.03. The van der Waals surface area contributed by atoms with Gasteiger partial charge in [-0.05, 0) is 39.7 Å². The summed E-state index contributed by atoms with van der Waals surface area (Å²) in [5.41, 5.74) is 7.27. The summed E-state index contributed by atoms with van der Waals surface area (Å²) in [6, 6.07) is 0.719. The molecule has 19 heavy (non-hydrogen) atoms. The van der Waals surface area contributed by atoms with E-state index in [9.17, 15) is 0 Å². The third-order valence-electron chi connectivity index (χ3n) is 4.37. The third kappa shape index (κ3) is 3.37. The van der Waals surface area contributed by atoms with Crippen molar-refractivity contribution < 1.29 is 0 Å². The van der Waals surface area contributed by atoms with Crippen LogP contribution < -0.4 is 5.73 Å². The Morgan fingerprint density at radius 2 is 2.11 bits per heavy atom. The first-order valence-corrected chi connectivity index (χ1v) is 7.55. The van der Waals surface area contributed by atoms with E-state index in [0.717, 1.165) is 12.5 Å². The van der Waals surface area contributed by atoms with Gasteiger partial charge in [-0.25, -0.2) is 4.98 Å². The van der Waals surface area contributed by atoms with Crippen molar-refractivity contribution in [3.05, 3.63) is 18.2 Å².